The van der Waals surface area contributed by atoms with Gasteiger partial charge in [-0.15, -0.1) is 0 Å². The summed E-state index contributed by atoms with van der Waals surface area (Å²) in [5.41, 5.74) is 5.04. The van der Waals surface area contributed by atoms with E-state index in [0.717, 1.165) is 6.42 Å². The third-order valence-corrected chi connectivity index (χ3v) is 10.6. The molecule has 0 saturated carbocycles. The number of fused-ring (bicyclic) bond motifs is 2. The molecule has 0 spiro atoms. The highest BCUT2D eigenvalue weighted by Crippen LogP contribution is 2.49. The SMILES string of the molecule is CC1=Cc2c(cc3ccccc3c2Br)C1[Si](C)(C)C1=CC=CC1. The number of hydrogen-bond donors (Lipinski definition) is 0. The van der Waals surface area contributed by atoms with Crippen molar-refractivity contribution in [3.63, 3.8) is 0 Å². The monoisotopic (exact) mass is 380 g/mol. The predicted octanol–water partition coefficient (Wildman–Crippen LogP) is 6.78. The maximum atomic E-state index is 3.88. The van der Waals surface area contributed by atoms with Gasteiger partial charge >= 0.3 is 0 Å². The molecule has 2 aromatic carbocycles. The van der Waals surface area contributed by atoms with Crippen LogP contribution in [0.4, 0.5) is 0 Å². The molecule has 4 rings (SSSR count). The van der Waals surface area contributed by atoms with Crippen LogP contribution in [0, 0.1) is 0 Å². The van der Waals surface area contributed by atoms with Gasteiger partial charge < -0.3 is 0 Å². The first-order valence-electron chi connectivity index (χ1n) is 8.25. The van der Waals surface area contributed by atoms with Gasteiger partial charge in [-0.3, -0.25) is 0 Å². The second kappa shape index (κ2) is 5.32. The van der Waals surface area contributed by atoms with Gasteiger partial charge in [-0.2, -0.15) is 0 Å². The van der Waals surface area contributed by atoms with Gasteiger partial charge in [0.1, 0.15) is 0 Å². The predicted molar refractivity (Wildman–Crippen MR) is 107 cm³/mol. The molecule has 1 atom stereocenters. The van der Waals surface area contributed by atoms with E-state index in [0.29, 0.717) is 5.54 Å². The zero-order chi connectivity index (χ0) is 16.2. The van der Waals surface area contributed by atoms with Crippen LogP contribution in [0.1, 0.15) is 30.0 Å². The molecular weight excluding hydrogens is 360 g/mol. The summed E-state index contributed by atoms with van der Waals surface area (Å²) in [6.07, 6.45) is 10.5. The molecule has 2 aromatic rings. The second-order valence-corrected chi connectivity index (χ2v) is 12.7. The minimum absolute atomic E-state index is 0.588. The van der Waals surface area contributed by atoms with E-state index in [1.165, 1.54) is 31.9 Å². The summed E-state index contributed by atoms with van der Waals surface area (Å²) >= 11 is 3.88. The van der Waals surface area contributed by atoms with Gasteiger partial charge in [0.15, 0.2) is 0 Å². The summed E-state index contributed by atoms with van der Waals surface area (Å²) < 4.78 is 1.26. The van der Waals surface area contributed by atoms with Crippen molar-refractivity contribution < 1.29 is 0 Å². The van der Waals surface area contributed by atoms with Crippen LogP contribution in [0.15, 0.2) is 63.8 Å². The van der Waals surface area contributed by atoms with Crippen LogP contribution in [0.3, 0.4) is 0 Å². The number of benzene rings is 2. The number of rotatable bonds is 2. The van der Waals surface area contributed by atoms with Crippen LogP contribution < -0.4 is 0 Å². The summed E-state index contributed by atoms with van der Waals surface area (Å²) in [4.78, 5) is 0. The first-order valence-corrected chi connectivity index (χ1v) is 12.1. The Morgan fingerprint density at radius 2 is 1.96 bits per heavy atom. The van der Waals surface area contributed by atoms with E-state index < -0.39 is 8.07 Å². The molecule has 0 aliphatic heterocycles. The molecule has 0 N–H and O–H groups in total. The third-order valence-electron chi connectivity index (χ3n) is 5.51. The Balaban J connectivity index is 1.92. The van der Waals surface area contributed by atoms with Crippen LogP contribution in [0.2, 0.25) is 13.1 Å². The Morgan fingerprint density at radius 3 is 2.70 bits per heavy atom. The van der Waals surface area contributed by atoms with Gasteiger partial charge in [0.2, 0.25) is 0 Å². The van der Waals surface area contributed by atoms with E-state index in [1.807, 2.05) is 0 Å². The van der Waals surface area contributed by atoms with Gasteiger partial charge in [0.05, 0.1) is 8.07 Å². The van der Waals surface area contributed by atoms with Crippen molar-refractivity contribution >= 4 is 40.9 Å². The van der Waals surface area contributed by atoms with E-state index in [2.05, 4.69) is 90.6 Å². The van der Waals surface area contributed by atoms with Crippen LogP contribution >= 0.6 is 15.9 Å². The number of halogens is 1. The molecule has 0 radical (unpaired) electrons. The molecule has 0 heterocycles. The van der Waals surface area contributed by atoms with Crippen LogP contribution in [-0.2, 0) is 0 Å². The van der Waals surface area contributed by atoms with Crippen LogP contribution in [0.25, 0.3) is 16.8 Å². The van der Waals surface area contributed by atoms with Crippen molar-refractivity contribution in [3.8, 4) is 0 Å². The summed E-state index contributed by atoms with van der Waals surface area (Å²) in [7, 11) is -1.55. The topological polar surface area (TPSA) is 0 Å². The fourth-order valence-electron chi connectivity index (χ4n) is 4.35. The Bertz CT molecular complexity index is 899. The van der Waals surface area contributed by atoms with E-state index in [9.17, 15) is 0 Å². The molecule has 116 valence electrons. The van der Waals surface area contributed by atoms with Crippen molar-refractivity contribution in [2.24, 2.45) is 0 Å². The van der Waals surface area contributed by atoms with Crippen molar-refractivity contribution in [1.29, 1.82) is 0 Å². The average Bonchev–Trinajstić information content (AvgIpc) is 3.15. The molecule has 0 bridgehead atoms. The van der Waals surface area contributed by atoms with Crippen LogP contribution in [-0.4, -0.2) is 8.07 Å². The van der Waals surface area contributed by atoms with Crippen LogP contribution in [0.5, 0.6) is 0 Å². The zero-order valence-electron chi connectivity index (χ0n) is 13.9. The smallest absolute Gasteiger partial charge is 0.0809 e. The maximum absolute atomic E-state index is 3.88. The molecule has 2 aliphatic carbocycles. The molecule has 23 heavy (non-hydrogen) atoms. The second-order valence-electron chi connectivity index (χ2n) is 7.28. The summed E-state index contributed by atoms with van der Waals surface area (Å²) in [6, 6.07) is 11.1. The Kier molecular flexibility index (Phi) is 3.51. The first-order chi connectivity index (χ1) is 11.0. The minimum Gasteiger partial charge on any atom is -0.0809 e. The highest BCUT2D eigenvalue weighted by molar-refractivity contribution is 9.10. The van der Waals surface area contributed by atoms with Crippen molar-refractivity contribution in [2.75, 3.05) is 0 Å². The summed E-state index contributed by atoms with van der Waals surface area (Å²) in [6.45, 7) is 7.39. The molecule has 2 heteroatoms. The molecular formula is C21H21BrSi. The molecule has 0 aromatic heterocycles. The fraction of sp³-hybridized carbons (Fsp3) is 0.238. The maximum Gasteiger partial charge on any atom is 0.0876 e. The van der Waals surface area contributed by atoms with Crippen molar-refractivity contribution in [3.05, 3.63) is 74.9 Å². The van der Waals surface area contributed by atoms with Gasteiger partial charge in [-0.05, 0) is 51.2 Å². The molecule has 0 amide bonds. The Morgan fingerprint density at radius 1 is 1.17 bits per heavy atom. The molecule has 2 aliphatic rings. The minimum atomic E-state index is -1.55. The summed E-state index contributed by atoms with van der Waals surface area (Å²) in [5.74, 6) is 0. The average molecular weight is 381 g/mol. The van der Waals surface area contributed by atoms with E-state index in [1.54, 1.807) is 5.20 Å². The largest absolute Gasteiger partial charge is 0.0876 e. The molecule has 0 saturated heterocycles. The standard InChI is InChI=1S/C21H21BrSi/c1-14-12-18-19(13-15-8-4-7-11-17(15)20(18)22)21(14)23(2,3)16-9-5-6-10-16/h4-9,11-13,21H,10H2,1-3H3. The van der Waals surface area contributed by atoms with Crippen molar-refractivity contribution in [1.82, 2.24) is 0 Å². The first kappa shape index (κ1) is 15.2. The lowest BCUT2D eigenvalue weighted by Gasteiger charge is -2.33. The normalized spacial score (nSPS) is 19.9. The van der Waals surface area contributed by atoms with E-state index in [-0.39, 0.29) is 0 Å². The van der Waals surface area contributed by atoms with Crippen molar-refractivity contribution in [2.45, 2.75) is 32.0 Å². The number of allylic oxidation sites excluding steroid dienone is 5. The van der Waals surface area contributed by atoms with Gasteiger partial charge in [0.25, 0.3) is 0 Å². The quantitative estimate of drug-likeness (QED) is 0.503. The fourth-order valence-corrected chi connectivity index (χ4v) is 8.83. The molecule has 1 unspecified atom stereocenters. The highest BCUT2D eigenvalue weighted by atomic mass is 79.9. The number of hydrogen-bond acceptors (Lipinski definition) is 0. The summed E-state index contributed by atoms with van der Waals surface area (Å²) in [5, 5.41) is 4.33. The Labute approximate surface area is 147 Å². The molecule has 0 nitrogen and oxygen atoms in total. The lowest BCUT2D eigenvalue weighted by atomic mass is 10.0. The lowest BCUT2D eigenvalue weighted by molar-refractivity contribution is 1.07. The van der Waals surface area contributed by atoms with Gasteiger partial charge in [-0.25, -0.2) is 0 Å². The third kappa shape index (κ3) is 2.23. The molecule has 0 fully saturated rings. The lowest BCUT2D eigenvalue weighted by Crippen LogP contribution is -2.37. The van der Waals surface area contributed by atoms with Gasteiger partial charge in [0, 0.05) is 10.0 Å². The van der Waals surface area contributed by atoms with E-state index >= 15 is 0 Å². The zero-order valence-corrected chi connectivity index (χ0v) is 16.4. The van der Waals surface area contributed by atoms with Gasteiger partial charge in [-0.1, -0.05) is 78.5 Å². The Hall–Kier alpha value is -1.38. The van der Waals surface area contributed by atoms with E-state index in [4.69, 9.17) is 0 Å². The highest BCUT2D eigenvalue weighted by Gasteiger charge is 2.41.